The maximum Gasteiger partial charge on any atom is 0.323 e. The van der Waals surface area contributed by atoms with Gasteiger partial charge in [0.2, 0.25) is 0 Å². The predicted molar refractivity (Wildman–Crippen MR) is 145 cm³/mol. The van der Waals surface area contributed by atoms with Crippen molar-refractivity contribution < 1.29 is 19.1 Å². The Morgan fingerprint density at radius 2 is 1.54 bits per heavy atom. The Bertz CT molecular complexity index is 1650. The molecule has 0 atom stereocenters. The van der Waals surface area contributed by atoms with E-state index in [2.05, 4.69) is 15.6 Å². The van der Waals surface area contributed by atoms with E-state index in [4.69, 9.17) is 15.2 Å². The number of methoxy groups -OCH3 is 1. The number of rotatable bonds is 6. The van der Waals surface area contributed by atoms with Crippen molar-refractivity contribution in [3.63, 3.8) is 0 Å². The Labute approximate surface area is 213 Å². The van der Waals surface area contributed by atoms with E-state index < -0.39 is 5.91 Å². The van der Waals surface area contributed by atoms with Crippen molar-refractivity contribution in [3.8, 4) is 17.2 Å². The molecule has 1 heterocycles. The van der Waals surface area contributed by atoms with E-state index in [1.165, 1.54) is 7.11 Å². The Morgan fingerprint density at radius 1 is 0.811 bits per heavy atom. The molecule has 4 N–H and O–H groups in total. The third kappa shape index (κ3) is 4.85. The Kier molecular flexibility index (Phi) is 6.30. The highest BCUT2D eigenvalue weighted by Crippen LogP contribution is 2.38. The minimum Gasteiger partial charge on any atom is -0.496 e. The van der Waals surface area contributed by atoms with Crippen molar-refractivity contribution in [1.82, 2.24) is 4.98 Å². The number of hydrogen-bond donors (Lipinski definition) is 3. The summed E-state index contributed by atoms with van der Waals surface area (Å²) >= 11 is 0. The molecule has 184 valence electrons. The second-order valence-corrected chi connectivity index (χ2v) is 8.45. The first-order valence-electron chi connectivity index (χ1n) is 11.5. The summed E-state index contributed by atoms with van der Waals surface area (Å²) in [7, 11) is 1.47. The molecule has 0 saturated carbocycles. The van der Waals surface area contributed by atoms with Gasteiger partial charge in [-0.2, -0.15) is 0 Å². The third-order valence-electron chi connectivity index (χ3n) is 5.95. The molecule has 8 nitrogen and oxygen atoms in total. The van der Waals surface area contributed by atoms with Gasteiger partial charge in [0.15, 0.2) is 0 Å². The number of aromatic nitrogens is 1. The van der Waals surface area contributed by atoms with Gasteiger partial charge in [-0.1, -0.05) is 42.0 Å². The third-order valence-corrected chi connectivity index (χ3v) is 5.95. The molecular formula is C29H24N4O4. The zero-order valence-electron chi connectivity index (χ0n) is 20.2. The normalized spacial score (nSPS) is 10.8. The van der Waals surface area contributed by atoms with E-state index in [1.54, 1.807) is 36.5 Å². The van der Waals surface area contributed by atoms with Crippen LogP contribution in [0.1, 0.15) is 15.9 Å². The number of nitrogens with two attached hydrogens (primary N) is 1. The smallest absolute Gasteiger partial charge is 0.323 e. The van der Waals surface area contributed by atoms with E-state index in [9.17, 15) is 9.59 Å². The molecule has 0 fully saturated rings. The predicted octanol–water partition coefficient (Wildman–Crippen LogP) is 6.24. The largest absolute Gasteiger partial charge is 0.496 e. The Morgan fingerprint density at radius 3 is 2.27 bits per heavy atom. The number of carbonyl (C=O) groups excluding carboxylic acids is 2. The molecule has 37 heavy (non-hydrogen) atoms. The number of hydrogen-bond acceptors (Lipinski definition) is 5. The van der Waals surface area contributed by atoms with Crippen LogP contribution < -0.4 is 25.8 Å². The van der Waals surface area contributed by atoms with E-state index in [0.717, 1.165) is 16.3 Å². The zero-order chi connectivity index (χ0) is 25.9. The molecule has 0 radical (unpaired) electrons. The second-order valence-electron chi connectivity index (χ2n) is 8.45. The fourth-order valence-corrected chi connectivity index (χ4v) is 4.11. The Hall–Kier alpha value is -5.11. The number of pyridine rings is 1. The summed E-state index contributed by atoms with van der Waals surface area (Å²) in [4.78, 5) is 29.0. The quantitative estimate of drug-likeness (QED) is 0.259. The molecule has 0 aliphatic heterocycles. The number of ether oxygens (including phenoxy) is 2. The minimum atomic E-state index is -0.613. The first-order valence-corrected chi connectivity index (χ1v) is 11.5. The van der Waals surface area contributed by atoms with Crippen molar-refractivity contribution in [2.75, 3.05) is 17.7 Å². The van der Waals surface area contributed by atoms with Crippen molar-refractivity contribution in [2.24, 2.45) is 5.73 Å². The van der Waals surface area contributed by atoms with Gasteiger partial charge in [0.05, 0.1) is 23.9 Å². The second kappa shape index (κ2) is 9.87. The summed E-state index contributed by atoms with van der Waals surface area (Å²) < 4.78 is 11.6. The number of primary amides is 1. The van der Waals surface area contributed by atoms with Crippen molar-refractivity contribution in [2.45, 2.75) is 6.92 Å². The fraction of sp³-hybridized carbons (Fsp3) is 0.0690. The summed E-state index contributed by atoms with van der Waals surface area (Å²) in [6.07, 6.45) is 1.62. The number of nitrogens with one attached hydrogen (secondary N) is 2. The van der Waals surface area contributed by atoms with Crippen LogP contribution in [0.5, 0.6) is 17.2 Å². The standard InChI is InChI=1S/C29H24N4O4/c1-17-7-9-18(10-8-17)32-29(35)33-23-11-12-25(20-6-4-3-5-19(20)23)37-26-13-14-31-24-16-27(36-2)22(28(30)34)15-21(24)26/h3-16H,1-2H3,(H2,30,34)(H2,32,33,35). The molecule has 4 aromatic carbocycles. The monoisotopic (exact) mass is 492 g/mol. The number of nitrogens with zero attached hydrogens (tertiary/aromatic N) is 1. The Balaban J connectivity index is 1.48. The van der Waals surface area contributed by atoms with Crippen LogP contribution in [0, 0.1) is 6.92 Å². The summed E-state index contributed by atoms with van der Waals surface area (Å²) in [5, 5.41) is 7.98. The summed E-state index contributed by atoms with van der Waals surface area (Å²) in [5.41, 5.74) is 8.82. The van der Waals surface area contributed by atoms with Crippen LogP contribution in [0.15, 0.2) is 85.1 Å². The first-order chi connectivity index (χ1) is 17.9. The van der Waals surface area contributed by atoms with Gasteiger partial charge >= 0.3 is 6.03 Å². The highest BCUT2D eigenvalue weighted by atomic mass is 16.5. The minimum absolute atomic E-state index is 0.233. The topological polar surface area (TPSA) is 116 Å². The number of anilines is 2. The number of fused-ring (bicyclic) bond motifs is 2. The van der Waals surface area contributed by atoms with Gasteiger partial charge in [0, 0.05) is 34.1 Å². The lowest BCUT2D eigenvalue weighted by Gasteiger charge is -2.15. The highest BCUT2D eigenvalue weighted by Gasteiger charge is 2.16. The number of amides is 3. The summed E-state index contributed by atoms with van der Waals surface area (Å²) in [6.45, 7) is 1.99. The maximum absolute atomic E-state index is 12.7. The molecule has 5 rings (SSSR count). The molecule has 1 aromatic heterocycles. The number of aryl methyl sites for hydroxylation is 1. The molecule has 0 bridgehead atoms. The van der Waals surface area contributed by atoms with Crippen LogP contribution >= 0.6 is 0 Å². The zero-order valence-corrected chi connectivity index (χ0v) is 20.2. The fourth-order valence-electron chi connectivity index (χ4n) is 4.11. The van der Waals surface area contributed by atoms with Gasteiger partial charge in [0.25, 0.3) is 5.91 Å². The van der Waals surface area contributed by atoms with Crippen LogP contribution in [0.25, 0.3) is 21.7 Å². The summed E-state index contributed by atoms with van der Waals surface area (Å²) in [5.74, 6) is 0.801. The molecule has 0 aliphatic rings. The number of urea groups is 1. The van der Waals surface area contributed by atoms with E-state index in [0.29, 0.717) is 39.5 Å². The molecule has 0 saturated heterocycles. The molecule has 0 unspecified atom stereocenters. The molecule has 8 heteroatoms. The van der Waals surface area contributed by atoms with Gasteiger partial charge in [-0.05, 0) is 43.3 Å². The lowest BCUT2D eigenvalue weighted by molar-refractivity contribution is 0.0997. The average molecular weight is 493 g/mol. The highest BCUT2D eigenvalue weighted by molar-refractivity contribution is 6.08. The SMILES string of the molecule is COc1cc2nccc(Oc3ccc(NC(=O)Nc4ccc(C)cc4)c4ccccc34)c2cc1C(N)=O. The van der Waals surface area contributed by atoms with Crippen LogP contribution in [0.2, 0.25) is 0 Å². The van der Waals surface area contributed by atoms with E-state index >= 15 is 0 Å². The van der Waals surface area contributed by atoms with Gasteiger partial charge in [-0.15, -0.1) is 0 Å². The molecular weight excluding hydrogens is 468 g/mol. The average Bonchev–Trinajstić information content (AvgIpc) is 2.90. The summed E-state index contributed by atoms with van der Waals surface area (Å²) in [6, 6.07) is 23.4. The lowest BCUT2D eigenvalue weighted by atomic mass is 10.1. The molecule has 5 aromatic rings. The maximum atomic E-state index is 12.7. The molecule has 3 amide bonds. The molecule has 0 aliphatic carbocycles. The van der Waals surface area contributed by atoms with Gasteiger partial charge in [-0.25, -0.2) is 4.79 Å². The number of carbonyl (C=O) groups is 2. The van der Waals surface area contributed by atoms with E-state index in [-0.39, 0.29) is 11.6 Å². The van der Waals surface area contributed by atoms with Crippen LogP contribution in [-0.4, -0.2) is 24.0 Å². The lowest BCUT2D eigenvalue weighted by Crippen LogP contribution is -2.19. The van der Waals surface area contributed by atoms with Crippen LogP contribution in [-0.2, 0) is 0 Å². The van der Waals surface area contributed by atoms with Crippen molar-refractivity contribution >= 4 is 45.0 Å². The van der Waals surface area contributed by atoms with Crippen molar-refractivity contribution in [3.05, 3.63) is 96.2 Å². The number of benzene rings is 4. The van der Waals surface area contributed by atoms with Gasteiger partial charge in [-0.3, -0.25) is 9.78 Å². The van der Waals surface area contributed by atoms with Crippen LogP contribution in [0.3, 0.4) is 0 Å². The first kappa shape index (κ1) is 23.6. The van der Waals surface area contributed by atoms with Crippen LogP contribution in [0.4, 0.5) is 16.2 Å². The van der Waals surface area contributed by atoms with Gasteiger partial charge in [0.1, 0.15) is 17.2 Å². The van der Waals surface area contributed by atoms with E-state index in [1.807, 2.05) is 55.5 Å². The van der Waals surface area contributed by atoms with Crippen molar-refractivity contribution in [1.29, 1.82) is 0 Å². The van der Waals surface area contributed by atoms with Gasteiger partial charge < -0.3 is 25.8 Å². The molecule has 0 spiro atoms.